The highest BCUT2D eigenvalue weighted by Crippen LogP contribution is 2.29. The van der Waals surface area contributed by atoms with Gasteiger partial charge in [0.2, 0.25) is 0 Å². The van der Waals surface area contributed by atoms with E-state index in [1.165, 1.54) is 7.11 Å². The average molecular weight is 467 g/mol. The van der Waals surface area contributed by atoms with E-state index in [-0.39, 0.29) is 30.1 Å². The van der Waals surface area contributed by atoms with Gasteiger partial charge in [0.25, 0.3) is 11.8 Å². The average Bonchev–Trinajstić information content (AvgIpc) is 3.42. The van der Waals surface area contributed by atoms with Crippen molar-refractivity contribution in [1.29, 1.82) is 0 Å². The molecule has 0 aliphatic carbocycles. The number of anilines is 1. The second-order valence-electron chi connectivity index (χ2n) is 6.99. The van der Waals surface area contributed by atoms with E-state index in [1.54, 1.807) is 29.8 Å². The van der Waals surface area contributed by atoms with Crippen molar-refractivity contribution in [3.63, 3.8) is 0 Å². The summed E-state index contributed by atoms with van der Waals surface area (Å²) >= 11 is 1.63. The second kappa shape index (κ2) is 12.2. The molecule has 176 valence electrons. The molecule has 1 aromatic rings. The van der Waals surface area contributed by atoms with Gasteiger partial charge in [0.1, 0.15) is 12.2 Å². The predicted molar refractivity (Wildman–Crippen MR) is 125 cm³/mol. The predicted octanol–water partition coefficient (Wildman–Crippen LogP) is 1.17. The number of carboxylic acid groups (broad SMARTS) is 1. The second-order valence-corrected chi connectivity index (χ2v) is 7.97. The SMILES string of the molecule is C=N/C(=C(\C=C(/N)C(=O)N1CCC(OC)C1)CCSC)c1nc(OC)c(NCC(=O)O)[nH]1. The normalized spacial score (nSPS) is 17.2. The summed E-state index contributed by atoms with van der Waals surface area (Å²) < 4.78 is 10.5. The number of carboxylic acids is 1. The number of aliphatic imine (C=N–C) groups is 1. The highest BCUT2D eigenvalue weighted by Gasteiger charge is 2.27. The van der Waals surface area contributed by atoms with Gasteiger partial charge >= 0.3 is 5.97 Å². The molecule has 1 amide bonds. The molecular formula is C20H30N6O5S. The van der Waals surface area contributed by atoms with Gasteiger partial charge in [-0.15, -0.1) is 0 Å². The Morgan fingerprint density at radius 3 is 2.81 bits per heavy atom. The van der Waals surface area contributed by atoms with E-state index < -0.39 is 5.97 Å². The minimum atomic E-state index is -1.03. The lowest BCUT2D eigenvalue weighted by Gasteiger charge is -2.17. The van der Waals surface area contributed by atoms with Gasteiger partial charge in [-0.1, -0.05) is 0 Å². The quantitative estimate of drug-likeness (QED) is 0.202. The van der Waals surface area contributed by atoms with Gasteiger partial charge in [-0.3, -0.25) is 14.6 Å². The molecule has 1 aliphatic rings. The standard InChI is InChI=1S/C20H30N6O5S/c1-22-16(17-24-18(19(25-17)31-3)23-10-15(27)28)12(6-8-32-4)9-14(21)20(29)26-7-5-13(11-26)30-2/h9,13,23H,1,5-8,10-11,21H2,2-4H3,(H,24,25)(H,27,28)/b14-9-,16-12-. The maximum Gasteiger partial charge on any atom is 0.322 e. The number of rotatable bonds is 12. The molecule has 0 radical (unpaired) electrons. The van der Waals surface area contributed by atoms with Crippen LogP contribution < -0.4 is 15.8 Å². The highest BCUT2D eigenvalue weighted by molar-refractivity contribution is 7.98. The van der Waals surface area contributed by atoms with Gasteiger partial charge < -0.3 is 35.5 Å². The zero-order chi connectivity index (χ0) is 23.7. The van der Waals surface area contributed by atoms with Crippen molar-refractivity contribution in [1.82, 2.24) is 14.9 Å². The molecule has 0 aromatic carbocycles. The molecule has 0 spiro atoms. The van der Waals surface area contributed by atoms with Crippen LogP contribution in [0.1, 0.15) is 18.7 Å². The van der Waals surface area contributed by atoms with Gasteiger partial charge in [-0.2, -0.15) is 16.7 Å². The van der Waals surface area contributed by atoms with E-state index in [9.17, 15) is 9.59 Å². The maximum absolute atomic E-state index is 12.8. The summed E-state index contributed by atoms with van der Waals surface area (Å²) in [4.78, 5) is 36.8. The van der Waals surface area contributed by atoms with E-state index >= 15 is 0 Å². The van der Waals surface area contributed by atoms with E-state index in [2.05, 4.69) is 27.0 Å². The number of aromatic amines is 1. The number of imidazole rings is 1. The van der Waals surface area contributed by atoms with Gasteiger partial charge in [-0.05, 0) is 43.2 Å². The first-order valence-corrected chi connectivity index (χ1v) is 11.3. The number of ether oxygens (including phenoxy) is 2. The summed E-state index contributed by atoms with van der Waals surface area (Å²) in [5.74, 6) is 0.249. The lowest BCUT2D eigenvalue weighted by atomic mass is 10.1. The molecule has 1 aromatic heterocycles. The minimum Gasteiger partial charge on any atom is -0.480 e. The number of hydrogen-bond acceptors (Lipinski definition) is 9. The van der Waals surface area contributed by atoms with Crippen molar-refractivity contribution in [2.45, 2.75) is 18.9 Å². The van der Waals surface area contributed by atoms with Crippen molar-refractivity contribution in [2.24, 2.45) is 10.7 Å². The smallest absolute Gasteiger partial charge is 0.322 e. The molecule has 32 heavy (non-hydrogen) atoms. The first kappa shape index (κ1) is 25.3. The number of hydrogen-bond donors (Lipinski definition) is 4. The van der Waals surface area contributed by atoms with Crippen LogP contribution in [0, 0.1) is 0 Å². The fourth-order valence-corrected chi connectivity index (χ4v) is 3.66. The lowest BCUT2D eigenvalue weighted by Crippen LogP contribution is -2.33. The Balaban J connectivity index is 2.40. The third-order valence-corrected chi connectivity index (χ3v) is 5.50. The summed E-state index contributed by atoms with van der Waals surface area (Å²) in [7, 11) is 3.05. The molecule has 5 N–H and O–H groups in total. The largest absolute Gasteiger partial charge is 0.480 e. The van der Waals surface area contributed by atoms with E-state index in [4.69, 9.17) is 20.3 Å². The fraction of sp³-hybridized carbons (Fsp3) is 0.500. The summed E-state index contributed by atoms with van der Waals surface area (Å²) in [5.41, 5.74) is 7.31. The van der Waals surface area contributed by atoms with Crippen LogP contribution in [0.2, 0.25) is 0 Å². The summed E-state index contributed by atoms with van der Waals surface area (Å²) in [5, 5.41) is 11.6. The van der Waals surface area contributed by atoms with Crippen LogP contribution in [0.15, 0.2) is 22.3 Å². The van der Waals surface area contributed by atoms with E-state index in [1.807, 2.05) is 6.26 Å². The van der Waals surface area contributed by atoms with Crippen LogP contribution in [0.4, 0.5) is 5.82 Å². The van der Waals surface area contributed by atoms with Crippen molar-refractivity contribution < 1.29 is 24.2 Å². The number of nitrogens with one attached hydrogen (secondary N) is 2. The summed E-state index contributed by atoms with van der Waals surface area (Å²) in [6.45, 7) is 4.40. The molecule has 1 fully saturated rings. The number of likely N-dealkylation sites (tertiary alicyclic amines) is 1. The first-order valence-electron chi connectivity index (χ1n) is 9.92. The van der Waals surface area contributed by atoms with Crippen molar-refractivity contribution >= 4 is 41.9 Å². The Morgan fingerprint density at radius 2 is 2.25 bits per heavy atom. The minimum absolute atomic E-state index is 0.0102. The number of nitrogens with zero attached hydrogens (tertiary/aromatic N) is 3. The Labute approximate surface area is 191 Å². The number of allylic oxidation sites excluding steroid dienone is 2. The molecule has 1 atom stereocenters. The van der Waals surface area contributed by atoms with Crippen LogP contribution >= 0.6 is 11.8 Å². The van der Waals surface area contributed by atoms with Crippen molar-refractivity contribution in [3.05, 3.63) is 23.2 Å². The molecule has 11 nitrogen and oxygen atoms in total. The van der Waals surface area contributed by atoms with Gasteiger partial charge in [0.05, 0.1) is 18.9 Å². The van der Waals surface area contributed by atoms with E-state index in [0.717, 1.165) is 12.2 Å². The topological polar surface area (TPSA) is 155 Å². The van der Waals surface area contributed by atoms with Crippen molar-refractivity contribution in [3.8, 4) is 5.88 Å². The molecule has 1 unspecified atom stereocenters. The van der Waals surface area contributed by atoms with Crippen LogP contribution in [0.25, 0.3) is 5.70 Å². The maximum atomic E-state index is 12.8. The van der Waals surface area contributed by atoms with Crippen LogP contribution in [0.3, 0.4) is 0 Å². The zero-order valence-electron chi connectivity index (χ0n) is 18.5. The Hall–Kier alpha value is -2.99. The molecule has 0 saturated carbocycles. The number of carbonyl (C=O) groups is 2. The van der Waals surface area contributed by atoms with Crippen LogP contribution in [-0.4, -0.2) is 90.5 Å². The number of thioether (sulfide) groups is 1. The Bertz CT molecular complexity index is 897. The lowest BCUT2D eigenvalue weighted by molar-refractivity contribution is -0.135. The number of carbonyl (C=O) groups excluding carboxylic acids is 1. The monoisotopic (exact) mass is 466 g/mol. The van der Waals surface area contributed by atoms with Gasteiger partial charge in [0, 0.05) is 20.2 Å². The van der Waals surface area contributed by atoms with E-state index in [0.29, 0.717) is 42.4 Å². The molecular weight excluding hydrogens is 436 g/mol. The molecule has 1 aliphatic heterocycles. The molecule has 12 heteroatoms. The zero-order valence-corrected chi connectivity index (χ0v) is 19.3. The first-order chi connectivity index (χ1) is 15.3. The third kappa shape index (κ3) is 6.50. The summed E-state index contributed by atoms with van der Waals surface area (Å²) in [6, 6.07) is 0. The highest BCUT2D eigenvalue weighted by atomic mass is 32.2. The van der Waals surface area contributed by atoms with Gasteiger partial charge in [-0.25, -0.2) is 0 Å². The Morgan fingerprint density at radius 1 is 1.50 bits per heavy atom. The van der Waals surface area contributed by atoms with Crippen molar-refractivity contribution in [2.75, 3.05) is 51.2 Å². The fourth-order valence-electron chi connectivity index (χ4n) is 3.24. The molecule has 1 saturated heterocycles. The van der Waals surface area contributed by atoms with Crippen LogP contribution in [-0.2, 0) is 14.3 Å². The van der Waals surface area contributed by atoms with Crippen LogP contribution in [0.5, 0.6) is 5.88 Å². The molecule has 2 rings (SSSR count). The molecule has 2 heterocycles. The number of aliphatic carboxylic acids is 1. The third-order valence-electron chi connectivity index (χ3n) is 4.88. The molecule has 0 bridgehead atoms. The number of methoxy groups -OCH3 is 2. The number of nitrogens with two attached hydrogens (primary N) is 1. The summed E-state index contributed by atoms with van der Waals surface area (Å²) in [6.07, 6.45) is 4.90. The Kier molecular flexibility index (Phi) is 9.60. The van der Waals surface area contributed by atoms with Gasteiger partial charge in [0.15, 0.2) is 11.6 Å². The number of aromatic nitrogens is 2. The number of H-pyrrole nitrogens is 1. The number of amides is 1.